The number of hydrogen-bond acceptors (Lipinski definition) is 2. The van der Waals surface area contributed by atoms with Crippen LogP contribution in [0.3, 0.4) is 0 Å². The summed E-state index contributed by atoms with van der Waals surface area (Å²) >= 11 is 0. The van der Waals surface area contributed by atoms with Gasteiger partial charge in [-0.05, 0) is 19.3 Å². The third kappa shape index (κ3) is 2.23. The highest BCUT2D eigenvalue weighted by molar-refractivity contribution is 5.00. The molecular weight excluding hydrogens is 150 g/mol. The van der Waals surface area contributed by atoms with Gasteiger partial charge in [0.05, 0.1) is 6.10 Å². The first kappa shape index (κ1) is 9.57. The molecule has 0 aromatic rings. The predicted molar refractivity (Wildman–Crippen MR) is 49.6 cm³/mol. The van der Waals surface area contributed by atoms with Gasteiger partial charge >= 0.3 is 0 Å². The standard InChI is InChI=1S/C10H17NO/c1-3-4-5-9(11)10-8(2)6-7-12-10/h8-10H,5-7,11H2,1-2H3. The van der Waals surface area contributed by atoms with E-state index in [1.165, 1.54) is 0 Å². The first-order chi connectivity index (χ1) is 5.75. The van der Waals surface area contributed by atoms with Crippen molar-refractivity contribution in [3.63, 3.8) is 0 Å². The highest BCUT2D eigenvalue weighted by Crippen LogP contribution is 2.22. The van der Waals surface area contributed by atoms with E-state index in [4.69, 9.17) is 10.5 Å². The summed E-state index contributed by atoms with van der Waals surface area (Å²) in [5.74, 6) is 6.44. The Morgan fingerprint density at radius 1 is 1.67 bits per heavy atom. The van der Waals surface area contributed by atoms with Gasteiger partial charge in [0.1, 0.15) is 0 Å². The summed E-state index contributed by atoms with van der Waals surface area (Å²) in [6.45, 7) is 4.89. The van der Waals surface area contributed by atoms with Gasteiger partial charge in [-0.2, -0.15) is 0 Å². The summed E-state index contributed by atoms with van der Waals surface area (Å²) in [5.41, 5.74) is 5.93. The van der Waals surface area contributed by atoms with E-state index in [0.29, 0.717) is 5.92 Å². The number of ether oxygens (including phenoxy) is 1. The van der Waals surface area contributed by atoms with Crippen LogP contribution < -0.4 is 5.73 Å². The van der Waals surface area contributed by atoms with Gasteiger partial charge in [-0.15, -0.1) is 11.8 Å². The fourth-order valence-corrected chi connectivity index (χ4v) is 1.60. The molecule has 0 amide bonds. The van der Waals surface area contributed by atoms with Crippen LogP contribution in [0.4, 0.5) is 0 Å². The monoisotopic (exact) mass is 167 g/mol. The Labute approximate surface area is 74.5 Å². The SMILES string of the molecule is CC#CCC(N)C1OCCC1C. The van der Waals surface area contributed by atoms with Gasteiger partial charge in [-0.25, -0.2) is 0 Å². The van der Waals surface area contributed by atoms with Gasteiger partial charge in [0, 0.05) is 19.1 Å². The fourth-order valence-electron chi connectivity index (χ4n) is 1.60. The second kappa shape index (κ2) is 4.49. The molecule has 1 saturated heterocycles. The Morgan fingerprint density at radius 3 is 2.92 bits per heavy atom. The quantitative estimate of drug-likeness (QED) is 0.626. The molecule has 1 heterocycles. The molecule has 1 aliphatic heterocycles. The number of rotatable bonds is 2. The molecule has 12 heavy (non-hydrogen) atoms. The minimum Gasteiger partial charge on any atom is -0.376 e. The molecule has 3 atom stereocenters. The zero-order valence-corrected chi connectivity index (χ0v) is 7.84. The van der Waals surface area contributed by atoms with Crippen molar-refractivity contribution in [3.8, 4) is 11.8 Å². The average Bonchev–Trinajstić information content (AvgIpc) is 2.47. The Kier molecular flexibility index (Phi) is 3.58. The second-order valence-corrected chi connectivity index (χ2v) is 3.40. The molecule has 2 nitrogen and oxygen atoms in total. The highest BCUT2D eigenvalue weighted by Gasteiger charge is 2.28. The zero-order chi connectivity index (χ0) is 8.97. The third-order valence-electron chi connectivity index (χ3n) is 2.38. The Hall–Kier alpha value is -0.520. The molecule has 0 aromatic carbocycles. The zero-order valence-electron chi connectivity index (χ0n) is 7.84. The molecule has 2 N–H and O–H groups in total. The van der Waals surface area contributed by atoms with E-state index in [2.05, 4.69) is 18.8 Å². The van der Waals surface area contributed by atoms with Crippen LogP contribution in [0.2, 0.25) is 0 Å². The lowest BCUT2D eigenvalue weighted by atomic mass is 9.96. The largest absolute Gasteiger partial charge is 0.376 e. The smallest absolute Gasteiger partial charge is 0.0761 e. The number of nitrogens with two attached hydrogens (primary N) is 1. The minimum atomic E-state index is 0.0925. The van der Waals surface area contributed by atoms with Crippen molar-refractivity contribution in [2.75, 3.05) is 6.61 Å². The van der Waals surface area contributed by atoms with Crippen LogP contribution in [0.15, 0.2) is 0 Å². The van der Waals surface area contributed by atoms with Crippen molar-refractivity contribution >= 4 is 0 Å². The van der Waals surface area contributed by atoms with Crippen LogP contribution in [0.1, 0.15) is 26.7 Å². The molecule has 0 aromatic heterocycles. The van der Waals surface area contributed by atoms with Crippen LogP contribution in [0, 0.1) is 17.8 Å². The van der Waals surface area contributed by atoms with Crippen molar-refractivity contribution in [1.29, 1.82) is 0 Å². The number of hydrogen-bond donors (Lipinski definition) is 1. The van der Waals surface area contributed by atoms with Crippen LogP contribution in [-0.2, 0) is 4.74 Å². The molecule has 2 heteroatoms. The van der Waals surface area contributed by atoms with Gasteiger partial charge in [-0.1, -0.05) is 6.92 Å². The first-order valence-corrected chi connectivity index (χ1v) is 4.52. The maximum atomic E-state index is 5.93. The predicted octanol–water partition coefficient (Wildman–Crippen LogP) is 1.15. The molecule has 3 unspecified atom stereocenters. The van der Waals surface area contributed by atoms with Crippen molar-refractivity contribution in [3.05, 3.63) is 0 Å². The Balaban J connectivity index is 2.38. The lowest BCUT2D eigenvalue weighted by Crippen LogP contribution is -2.37. The third-order valence-corrected chi connectivity index (χ3v) is 2.38. The van der Waals surface area contributed by atoms with E-state index < -0.39 is 0 Å². The summed E-state index contributed by atoms with van der Waals surface area (Å²) in [4.78, 5) is 0. The van der Waals surface area contributed by atoms with E-state index in [9.17, 15) is 0 Å². The molecule has 0 saturated carbocycles. The summed E-state index contributed by atoms with van der Waals surface area (Å²) in [5, 5.41) is 0. The average molecular weight is 167 g/mol. The fraction of sp³-hybridized carbons (Fsp3) is 0.800. The van der Waals surface area contributed by atoms with Gasteiger partial charge in [-0.3, -0.25) is 0 Å². The summed E-state index contributed by atoms with van der Waals surface area (Å²) in [6.07, 6.45) is 2.12. The molecule has 1 aliphatic rings. The molecular formula is C10H17NO. The van der Waals surface area contributed by atoms with E-state index in [1.54, 1.807) is 0 Å². The Morgan fingerprint density at radius 2 is 2.42 bits per heavy atom. The maximum absolute atomic E-state index is 5.93. The highest BCUT2D eigenvalue weighted by atomic mass is 16.5. The van der Waals surface area contributed by atoms with E-state index in [-0.39, 0.29) is 12.1 Å². The van der Waals surface area contributed by atoms with Crippen LogP contribution in [0.5, 0.6) is 0 Å². The normalized spacial score (nSPS) is 30.9. The summed E-state index contributed by atoms with van der Waals surface area (Å²) in [7, 11) is 0. The molecule has 1 rings (SSSR count). The molecule has 0 radical (unpaired) electrons. The van der Waals surface area contributed by atoms with Gasteiger partial charge < -0.3 is 10.5 Å². The van der Waals surface area contributed by atoms with Crippen LogP contribution in [-0.4, -0.2) is 18.8 Å². The van der Waals surface area contributed by atoms with Crippen LogP contribution >= 0.6 is 0 Å². The summed E-state index contributed by atoms with van der Waals surface area (Å²) in [6, 6.07) is 0.0925. The van der Waals surface area contributed by atoms with Gasteiger partial charge in [0.25, 0.3) is 0 Å². The maximum Gasteiger partial charge on any atom is 0.0761 e. The Bertz CT molecular complexity index is 192. The molecule has 1 fully saturated rings. The minimum absolute atomic E-state index is 0.0925. The lowest BCUT2D eigenvalue weighted by Gasteiger charge is -2.20. The topological polar surface area (TPSA) is 35.2 Å². The molecule has 0 aliphatic carbocycles. The van der Waals surface area contributed by atoms with E-state index in [0.717, 1.165) is 19.4 Å². The molecule has 0 bridgehead atoms. The van der Waals surface area contributed by atoms with Crippen molar-refractivity contribution < 1.29 is 4.74 Å². The second-order valence-electron chi connectivity index (χ2n) is 3.40. The van der Waals surface area contributed by atoms with E-state index in [1.807, 2.05) is 6.92 Å². The summed E-state index contributed by atoms with van der Waals surface area (Å²) < 4.78 is 5.53. The van der Waals surface area contributed by atoms with E-state index >= 15 is 0 Å². The van der Waals surface area contributed by atoms with Gasteiger partial charge in [0.2, 0.25) is 0 Å². The lowest BCUT2D eigenvalue weighted by molar-refractivity contribution is 0.0739. The van der Waals surface area contributed by atoms with Gasteiger partial charge in [0.15, 0.2) is 0 Å². The van der Waals surface area contributed by atoms with Crippen LogP contribution in [0.25, 0.3) is 0 Å². The first-order valence-electron chi connectivity index (χ1n) is 4.52. The van der Waals surface area contributed by atoms with Crippen molar-refractivity contribution in [1.82, 2.24) is 0 Å². The molecule has 68 valence electrons. The van der Waals surface area contributed by atoms with Crippen molar-refractivity contribution in [2.45, 2.75) is 38.8 Å². The molecule has 0 spiro atoms. The van der Waals surface area contributed by atoms with Crippen molar-refractivity contribution in [2.24, 2.45) is 11.7 Å².